The minimum absolute atomic E-state index is 0.0233. The summed E-state index contributed by atoms with van der Waals surface area (Å²) in [6.07, 6.45) is 0. The van der Waals surface area contributed by atoms with E-state index in [0.717, 1.165) is 5.69 Å². The summed E-state index contributed by atoms with van der Waals surface area (Å²) < 4.78 is 0. The van der Waals surface area contributed by atoms with E-state index in [-0.39, 0.29) is 17.9 Å². The second-order valence-corrected chi connectivity index (χ2v) is 6.04. The summed E-state index contributed by atoms with van der Waals surface area (Å²) in [5.74, 6) is -0.0584. The Morgan fingerprint density at radius 1 is 1.37 bits per heavy atom. The molecule has 1 heterocycles. The van der Waals surface area contributed by atoms with Crippen molar-refractivity contribution in [3.63, 3.8) is 0 Å². The Labute approximate surface area is 114 Å². The van der Waals surface area contributed by atoms with E-state index in [0.29, 0.717) is 13.1 Å². The number of aliphatic hydroxyl groups excluding tert-OH is 1. The van der Waals surface area contributed by atoms with Crippen molar-refractivity contribution in [2.24, 2.45) is 5.41 Å². The van der Waals surface area contributed by atoms with Gasteiger partial charge in [-0.25, -0.2) is 0 Å². The van der Waals surface area contributed by atoms with Crippen molar-refractivity contribution < 1.29 is 9.90 Å². The summed E-state index contributed by atoms with van der Waals surface area (Å²) >= 11 is 0. The molecule has 1 aromatic rings. The van der Waals surface area contributed by atoms with E-state index in [1.165, 1.54) is 5.56 Å². The van der Waals surface area contributed by atoms with E-state index in [9.17, 15) is 9.90 Å². The zero-order chi connectivity index (χ0) is 14.0. The maximum atomic E-state index is 12.5. The molecule has 1 aliphatic rings. The van der Waals surface area contributed by atoms with Gasteiger partial charge in [-0.1, -0.05) is 31.5 Å². The number of aliphatic hydroxyl groups is 1. The summed E-state index contributed by atoms with van der Waals surface area (Å²) in [6.45, 7) is 7.46. The predicted octanol–water partition coefficient (Wildman–Crippen LogP) is 1.32. The third kappa shape index (κ3) is 3.14. The highest BCUT2D eigenvalue weighted by molar-refractivity contribution is 5.97. The minimum Gasteiger partial charge on any atom is -0.394 e. The molecule has 1 amide bonds. The summed E-state index contributed by atoms with van der Waals surface area (Å²) in [4.78, 5) is 14.2. The molecular weight excluding hydrogens is 240 g/mol. The number of aryl methyl sites for hydroxylation is 1. The lowest BCUT2D eigenvalue weighted by Crippen LogP contribution is -2.46. The van der Waals surface area contributed by atoms with E-state index in [1.807, 2.05) is 31.2 Å². The normalized spacial score (nSPS) is 23.3. The molecule has 1 atom stereocenters. The van der Waals surface area contributed by atoms with Gasteiger partial charge in [-0.05, 0) is 24.5 Å². The monoisotopic (exact) mass is 262 g/mol. The third-order valence-corrected chi connectivity index (χ3v) is 3.51. The molecule has 104 valence electrons. The molecule has 0 radical (unpaired) electrons. The molecule has 0 saturated carbocycles. The third-order valence-electron chi connectivity index (χ3n) is 3.51. The molecule has 19 heavy (non-hydrogen) atoms. The largest absolute Gasteiger partial charge is 0.394 e. The zero-order valence-corrected chi connectivity index (χ0v) is 11.8. The van der Waals surface area contributed by atoms with Gasteiger partial charge >= 0.3 is 0 Å². The van der Waals surface area contributed by atoms with Gasteiger partial charge in [0.15, 0.2) is 0 Å². The van der Waals surface area contributed by atoms with E-state index >= 15 is 0 Å². The molecule has 4 heteroatoms. The van der Waals surface area contributed by atoms with Gasteiger partial charge in [-0.2, -0.15) is 0 Å². The first-order valence-corrected chi connectivity index (χ1v) is 6.65. The number of rotatable bonds is 2. The lowest BCUT2D eigenvalue weighted by Gasteiger charge is -2.29. The minimum atomic E-state index is -0.511. The fourth-order valence-electron chi connectivity index (χ4n) is 2.32. The molecule has 2 N–H and O–H groups in total. The van der Waals surface area contributed by atoms with Crippen molar-refractivity contribution in [2.45, 2.75) is 26.8 Å². The Bertz CT molecular complexity index is 454. The quantitative estimate of drug-likeness (QED) is 0.845. The molecule has 0 aliphatic carbocycles. The number of nitrogens with one attached hydrogen (secondary N) is 1. The molecule has 4 nitrogen and oxygen atoms in total. The van der Waals surface area contributed by atoms with Crippen molar-refractivity contribution in [3.8, 4) is 0 Å². The Kier molecular flexibility index (Phi) is 3.92. The van der Waals surface area contributed by atoms with Crippen LogP contribution in [0.1, 0.15) is 19.4 Å². The maximum absolute atomic E-state index is 12.5. The van der Waals surface area contributed by atoms with Gasteiger partial charge < -0.3 is 15.3 Å². The van der Waals surface area contributed by atoms with E-state index in [1.54, 1.807) is 4.90 Å². The van der Waals surface area contributed by atoms with Crippen LogP contribution in [0.25, 0.3) is 0 Å². The average molecular weight is 262 g/mol. The highest BCUT2D eigenvalue weighted by Crippen LogP contribution is 2.25. The lowest BCUT2D eigenvalue weighted by atomic mass is 9.93. The Morgan fingerprint density at radius 3 is 2.58 bits per heavy atom. The maximum Gasteiger partial charge on any atom is 0.246 e. The number of amides is 1. The summed E-state index contributed by atoms with van der Waals surface area (Å²) in [5, 5.41) is 12.5. The van der Waals surface area contributed by atoms with Crippen molar-refractivity contribution >= 4 is 11.6 Å². The van der Waals surface area contributed by atoms with Gasteiger partial charge in [-0.15, -0.1) is 0 Å². The molecule has 2 rings (SSSR count). The van der Waals surface area contributed by atoms with Crippen LogP contribution in [-0.2, 0) is 4.79 Å². The Morgan fingerprint density at radius 2 is 2.00 bits per heavy atom. The molecule has 1 aromatic carbocycles. The molecule has 1 fully saturated rings. The van der Waals surface area contributed by atoms with Crippen LogP contribution in [0.2, 0.25) is 0 Å². The number of carbonyl (C=O) groups excluding carboxylic acids is 1. The Hall–Kier alpha value is -1.39. The van der Waals surface area contributed by atoms with Gasteiger partial charge in [0.25, 0.3) is 0 Å². The van der Waals surface area contributed by atoms with Crippen LogP contribution in [0.5, 0.6) is 0 Å². The second-order valence-electron chi connectivity index (χ2n) is 6.04. The highest BCUT2D eigenvalue weighted by Gasteiger charge is 2.34. The number of hydrogen-bond acceptors (Lipinski definition) is 3. The van der Waals surface area contributed by atoms with E-state index in [2.05, 4.69) is 19.2 Å². The number of benzene rings is 1. The number of anilines is 1. The van der Waals surface area contributed by atoms with Crippen LogP contribution in [0, 0.1) is 12.3 Å². The standard InChI is InChI=1S/C15H22N2O2/c1-11-4-6-12(7-5-11)17-10-15(2,3)9-16-13(8-18)14(17)19/h4-7,13,16,18H,8-10H2,1-3H3. The first-order valence-electron chi connectivity index (χ1n) is 6.65. The highest BCUT2D eigenvalue weighted by atomic mass is 16.3. The van der Waals surface area contributed by atoms with Crippen LogP contribution in [0.4, 0.5) is 5.69 Å². The molecule has 1 aliphatic heterocycles. The van der Waals surface area contributed by atoms with Crippen LogP contribution in [-0.4, -0.2) is 36.8 Å². The second kappa shape index (κ2) is 5.31. The zero-order valence-electron chi connectivity index (χ0n) is 11.8. The first kappa shape index (κ1) is 14.0. The van der Waals surface area contributed by atoms with Gasteiger partial charge in [0.1, 0.15) is 6.04 Å². The molecule has 1 saturated heterocycles. The summed E-state index contributed by atoms with van der Waals surface area (Å²) in [7, 11) is 0. The molecule has 1 unspecified atom stereocenters. The van der Waals surface area contributed by atoms with Crippen LogP contribution in [0.15, 0.2) is 24.3 Å². The molecule has 0 aromatic heterocycles. The topological polar surface area (TPSA) is 52.6 Å². The fraction of sp³-hybridized carbons (Fsp3) is 0.533. The van der Waals surface area contributed by atoms with Gasteiger partial charge in [-0.3, -0.25) is 4.79 Å². The van der Waals surface area contributed by atoms with E-state index in [4.69, 9.17) is 0 Å². The van der Waals surface area contributed by atoms with Crippen LogP contribution >= 0.6 is 0 Å². The SMILES string of the molecule is Cc1ccc(N2CC(C)(C)CNC(CO)C2=O)cc1. The van der Waals surface area contributed by atoms with Crippen molar-refractivity contribution in [3.05, 3.63) is 29.8 Å². The number of carbonyl (C=O) groups is 1. The first-order chi connectivity index (χ1) is 8.93. The van der Waals surface area contributed by atoms with Crippen molar-refractivity contribution in [1.82, 2.24) is 5.32 Å². The molecular formula is C15H22N2O2. The smallest absolute Gasteiger partial charge is 0.246 e. The van der Waals surface area contributed by atoms with Crippen LogP contribution in [0.3, 0.4) is 0 Å². The summed E-state index contributed by atoms with van der Waals surface area (Å²) in [6, 6.07) is 7.42. The predicted molar refractivity (Wildman–Crippen MR) is 76.2 cm³/mol. The van der Waals surface area contributed by atoms with Crippen LogP contribution < -0.4 is 10.2 Å². The molecule has 0 bridgehead atoms. The van der Waals surface area contributed by atoms with Gasteiger partial charge in [0.05, 0.1) is 6.61 Å². The fourth-order valence-corrected chi connectivity index (χ4v) is 2.32. The lowest BCUT2D eigenvalue weighted by molar-refractivity contribution is -0.121. The van der Waals surface area contributed by atoms with Crippen molar-refractivity contribution in [1.29, 1.82) is 0 Å². The number of nitrogens with zero attached hydrogens (tertiary/aromatic N) is 1. The number of hydrogen-bond donors (Lipinski definition) is 2. The average Bonchev–Trinajstić information content (AvgIpc) is 2.48. The van der Waals surface area contributed by atoms with Gasteiger partial charge in [0.2, 0.25) is 5.91 Å². The van der Waals surface area contributed by atoms with E-state index < -0.39 is 6.04 Å². The Balaban J connectivity index is 2.33. The molecule has 0 spiro atoms. The van der Waals surface area contributed by atoms with Crippen molar-refractivity contribution in [2.75, 3.05) is 24.6 Å². The van der Waals surface area contributed by atoms with Gasteiger partial charge in [0, 0.05) is 18.8 Å². The summed E-state index contributed by atoms with van der Waals surface area (Å²) in [5.41, 5.74) is 2.04.